The number of unbranched alkanes of at least 4 members (excludes halogenated alkanes) is 1. The molecule has 4 rings (SSSR count). The first-order valence-corrected chi connectivity index (χ1v) is 11.3. The molecule has 1 amide bonds. The second-order valence-corrected chi connectivity index (χ2v) is 8.87. The van der Waals surface area contributed by atoms with E-state index in [1.54, 1.807) is 11.0 Å². The summed E-state index contributed by atoms with van der Waals surface area (Å²) in [6.45, 7) is 6.37. The Balaban J connectivity index is 1.97. The van der Waals surface area contributed by atoms with Crippen LogP contribution < -0.4 is 0 Å². The van der Waals surface area contributed by atoms with E-state index >= 15 is 0 Å². The number of benzene rings is 2. The summed E-state index contributed by atoms with van der Waals surface area (Å²) in [4.78, 5) is 31.2. The monoisotopic (exact) mass is 480 g/mol. The van der Waals surface area contributed by atoms with E-state index in [2.05, 4.69) is 20.9 Å². The number of Topliss-reactive ketones (excluding diaryl/α,β-unsaturated/α-hetero) is 1. The average Bonchev–Trinajstić information content (AvgIpc) is 3.20. The number of H-pyrrole nitrogens is 1. The van der Waals surface area contributed by atoms with Crippen molar-refractivity contribution in [1.82, 2.24) is 9.88 Å². The van der Waals surface area contributed by atoms with Gasteiger partial charge in [-0.15, -0.1) is 0 Å². The van der Waals surface area contributed by atoms with Crippen molar-refractivity contribution in [2.24, 2.45) is 0 Å². The smallest absolute Gasteiger partial charge is 0.295 e. The number of fused-ring (bicyclic) bond motifs is 1. The molecule has 1 aromatic heterocycles. The molecule has 2 N–H and O–H groups in total. The molecular weight excluding hydrogens is 456 g/mol. The van der Waals surface area contributed by atoms with E-state index in [1.165, 1.54) is 0 Å². The summed E-state index contributed by atoms with van der Waals surface area (Å²) in [5, 5.41) is 12.2. The largest absolute Gasteiger partial charge is 0.507 e. The molecule has 1 aliphatic heterocycles. The molecule has 5 nitrogen and oxygen atoms in total. The second kappa shape index (κ2) is 8.35. The minimum atomic E-state index is -0.635. The number of carbonyl (C=O) groups excluding carboxylic acids is 2. The molecule has 0 spiro atoms. The lowest BCUT2D eigenvalue weighted by atomic mass is 9.93. The molecule has 160 valence electrons. The van der Waals surface area contributed by atoms with Crippen LogP contribution in [0.2, 0.25) is 0 Å². The maximum absolute atomic E-state index is 13.2. The Morgan fingerprint density at radius 1 is 1.16 bits per heavy atom. The van der Waals surface area contributed by atoms with Crippen molar-refractivity contribution >= 4 is 44.3 Å². The van der Waals surface area contributed by atoms with Gasteiger partial charge in [0.2, 0.25) is 0 Å². The van der Waals surface area contributed by atoms with Gasteiger partial charge in [0.1, 0.15) is 5.76 Å². The second-order valence-electron chi connectivity index (χ2n) is 8.02. The zero-order chi connectivity index (χ0) is 22.3. The standard InChI is InChI=1S/C25H25BrN2O3/c1-4-5-12-28-22(20-15(3)27-19-9-7-6-8-17(19)20)21(24(30)25(28)31)23(29)16-10-11-18(26)14(2)13-16/h6-11,13,22,27,29H,4-5,12H2,1-3H3/b23-21+. The third-order valence-electron chi connectivity index (χ3n) is 5.94. The van der Waals surface area contributed by atoms with Gasteiger partial charge in [-0.2, -0.15) is 0 Å². The number of aromatic nitrogens is 1. The summed E-state index contributed by atoms with van der Waals surface area (Å²) in [6, 6.07) is 12.6. The molecule has 0 aliphatic carbocycles. The van der Waals surface area contributed by atoms with Crippen LogP contribution in [0.4, 0.5) is 0 Å². The summed E-state index contributed by atoms with van der Waals surface area (Å²) in [6.07, 6.45) is 1.68. The van der Waals surface area contributed by atoms with Crippen LogP contribution in [0.15, 0.2) is 52.5 Å². The number of nitrogens with one attached hydrogen (secondary N) is 1. The third kappa shape index (κ3) is 3.59. The first-order chi connectivity index (χ1) is 14.8. The lowest BCUT2D eigenvalue weighted by Gasteiger charge is -2.25. The van der Waals surface area contributed by atoms with E-state index in [0.29, 0.717) is 12.1 Å². The number of rotatable bonds is 5. The van der Waals surface area contributed by atoms with Gasteiger partial charge in [-0.25, -0.2) is 0 Å². The third-order valence-corrected chi connectivity index (χ3v) is 6.83. The molecular formula is C25H25BrN2O3. The van der Waals surface area contributed by atoms with E-state index in [-0.39, 0.29) is 11.3 Å². The molecule has 1 aliphatic rings. The SMILES string of the molecule is CCCCN1C(=O)C(=O)/C(=C(/O)c2ccc(Br)c(C)c2)C1c1c(C)[nH]c2ccccc12. The van der Waals surface area contributed by atoms with E-state index in [4.69, 9.17) is 0 Å². The van der Waals surface area contributed by atoms with Gasteiger partial charge in [-0.05, 0) is 44.0 Å². The number of nitrogens with zero attached hydrogens (tertiary/aromatic N) is 1. The van der Waals surface area contributed by atoms with E-state index in [9.17, 15) is 14.7 Å². The van der Waals surface area contributed by atoms with Crippen molar-refractivity contribution in [3.8, 4) is 0 Å². The number of para-hydroxylation sites is 1. The Labute approximate surface area is 189 Å². The van der Waals surface area contributed by atoms with Gasteiger partial charge < -0.3 is 15.0 Å². The molecule has 0 radical (unpaired) electrons. The Kier molecular flexibility index (Phi) is 5.75. The molecule has 31 heavy (non-hydrogen) atoms. The van der Waals surface area contributed by atoms with Crippen molar-refractivity contribution in [3.05, 3.63) is 74.9 Å². The molecule has 1 saturated heterocycles. The number of carbonyl (C=O) groups is 2. The van der Waals surface area contributed by atoms with Crippen LogP contribution in [-0.4, -0.2) is 33.2 Å². The number of aliphatic hydroxyl groups is 1. The van der Waals surface area contributed by atoms with Crippen molar-refractivity contribution < 1.29 is 14.7 Å². The fraction of sp³-hybridized carbons (Fsp3) is 0.280. The molecule has 1 fully saturated rings. The minimum absolute atomic E-state index is 0.136. The highest BCUT2D eigenvalue weighted by Crippen LogP contribution is 2.43. The topological polar surface area (TPSA) is 73.4 Å². The van der Waals surface area contributed by atoms with Crippen LogP contribution >= 0.6 is 15.9 Å². The van der Waals surface area contributed by atoms with Crippen LogP contribution in [0.5, 0.6) is 0 Å². The Morgan fingerprint density at radius 3 is 2.61 bits per heavy atom. The van der Waals surface area contributed by atoms with E-state index in [0.717, 1.165) is 45.0 Å². The zero-order valence-corrected chi connectivity index (χ0v) is 19.4. The average molecular weight is 481 g/mol. The molecule has 2 heterocycles. The summed E-state index contributed by atoms with van der Waals surface area (Å²) < 4.78 is 0.913. The van der Waals surface area contributed by atoms with Gasteiger partial charge in [0.25, 0.3) is 11.7 Å². The fourth-order valence-electron chi connectivity index (χ4n) is 4.34. The first-order valence-electron chi connectivity index (χ1n) is 10.5. The number of hydrogen-bond acceptors (Lipinski definition) is 3. The van der Waals surface area contributed by atoms with E-state index in [1.807, 2.05) is 57.2 Å². The lowest BCUT2D eigenvalue weighted by Crippen LogP contribution is -2.30. The molecule has 3 aromatic rings. The van der Waals surface area contributed by atoms with Crippen molar-refractivity contribution in [2.75, 3.05) is 6.54 Å². The number of aliphatic hydroxyl groups excluding tert-OH is 1. The van der Waals surface area contributed by atoms with Gasteiger partial charge in [0.15, 0.2) is 0 Å². The highest BCUT2D eigenvalue weighted by atomic mass is 79.9. The Bertz CT molecular complexity index is 1220. The summed E-state index contributed by atoms with van der Waals surface area (Å²) >= 11 is 3.47. The first kappa shape index (κ1) is 21.4. The number of hydrogen-bond donors (Lipinski definition) is 2. The number of halogens is 1. The van der Waals surface area contributed by atoms with Gasteiger partial charge >= 0.3 is 0 Å². The highest BCUT2D eigenvalue weighted by Gasteiger charge is 2.47. The van der Waals surface area contributed by atoms with Crippen molar-refractivity contribution in [3.63, 3.8) is 0 Å². The van der Waals surface area contributed by atoms with Gasteiger partial charge in [-0.3, -0.25) is 9.59 Å². The van der Waals surface area contributed by atoms with Gasteiger partial charge in [0, 0.05) is 38.7 Å². The lowest BCUT2D eigenvalue weighted by molar-refractivity contribution is -0.139. The molecule has 1 unspecified atom stereocenters. The minimum Gasteiger partial charge on any atom is -0.507 e. The molecule has 0 saturated carbocycles. The van der Waals surface area contributed by atoms with Crippen LogP contribution in [0.25, 0.3) is 16.7 Å². The van der Waals surface area contributed by atoms with Gasteiger partial charge in [-0.1, -0.05) is 53.5 Å². The Hall–Kier alpha value is -2.86. The number of likely N-dealkylation sites (tertiary alicyclic amines) is 1. The summed E-state index contributed by atoms with van der Waals surface area (Å²) in [5.41, 5.74) is 4.29. The maximum atomic E-state index is 13.2. The molecule has 6 heteroatoms. The normalized spacial score (nSPS) is 18.3. The Morgan fingerprint density at radius 2 is 1.90 bits per heavy atom. The van der Waals surface area contributed by atoms with Crippen LogP contribution in [0, 0.1) is 13.8 Å². The zero-order valence-electron chi connectivity index (χ0n) is 17.8. The van der Waals surface area contributed by atoms with Crippen molar-refractivity contribution in [2.45, 2.75) is 39.7 Å². The van der Waals surface area contributed by atoms with Crippen molar-refractivity contribution in [1.29, 1.82) is 0 Å². The summed E-state index contributed by atoms with van der Waals surface area (Å²) in [7, 11) is 0. The predicted octanol–water partition coefficient (Wildman–Crippen LogP) is 5.77. The maximum Gasteiger partial charge on any atom is 0.295 e. The van der Waals surface area contributed by atoms with E-state index < -0.39 is 17.7 Å². The molecule has 0 bridgehead atoms. The highest BCUT2D eigenvalue weighted by molar-refractivity contribution is 9.10. The summed E-state index contributed by atoms with van der Waals surface area (Å²) in [5.74, 6) is -1.33. The number of ketones is 1. The van der Waals surface area contributed by atoms with Crippen LogP contribution in [-0.2, 0) is 9.59 Å². The quantitative estimate of drug-likeness (QED) is 0.276. The number of aromatic amines is 1. The molecule has 1 atom stereocenters. The predicted molar refractivity (Wildman–Crippen MR) is 126 cm³/mol. The number of amides is 1. The van der Waals surface area contributed by atoms with Gasteiger partial charge in [0.05, 0.1) is 11.6 Å². The number of aryl methyl sites for hydroxylation is 2. The fourth-order valence-corrected chi connectivity index (χ4v) is 4.58. The molecule has 2 aromatic carbocycles. The van der Waals surface area contributed by atoms with Crippen LogP contribution in [0.1, 0.15) is 48.2 Å². The van der Waals surface area contributed by atoms with Crippen LogP contribution in [0.3, 0.4) is 0 Å².